The number of hydrogen-bond acceptors (Lipinski definition) is 2. The van der Waals surface area contributed by atoms with Crippen LogP contribution in [0.25, 0.3) is 0 Å². The Morgan fingerprint density at radius 3 is 2.54 bits per heavy atom. The minimum absolute atomic E-state index is 0.0811. The van der Waals surface area contributed by atoms with Gasteiger partial charge in [0.15, 0.2) is 0 Å². The number of carbonyl (C=O) groups is 1. The Bertz CT molecular complexity index is 785. The van der Waals surface area contributed by atoms with Gasteiger partial charge in [-0.25, -0.2) is 4.39 Å². The first-order chi connectivity index (χ1) is 12.6. The fourth-order valence-electron chi connectivity index (χ4n) is 3.83. The highest BCUT2D eigenvalue weighted by Crippen LogP contribution is 2.32. The van der Waals surface area contributed by atoms with E-state index < -0.39 is 0 Å². The lowest BCUT2D eigenvalue weighted by molar-refractivity contribution is -0.123. The Morgan fingerprint density at radius 1 is 1.12 bits per heavy atom. The number of amides is 1. The van der Waals surface area contributed by atoms with Gasteiger partial charge in [0.2, 0.25) is 5.91 Å². The van der Waals surface area contributed by atoms with E-state index in [1.165, 1.54) is 17.2 Å². The summed E-state index contributed by atoms with van der Waals surface area (Å²) in [5.41, 5.74) is 3.19. The monoisotopic (exact) mass is 352 g/mol. The molecule has 136 valence electrons. The van der Waals surface area contributed by atoms with Gasteiger partial charge in [0.1, 0.15) is 5.82 Å². The molecule has 0 unspecified atom stereocenters. The number of halogens is 1. The Kier molecular flexibility index (Phi) is 4.77. The van der Waals surface area contributed by atoms with Gasteiger partial charge in [0, 0.05) is 43.1 Å². The highest BCUT2D eigenvalue weighted by molar-refractivity contribution is 5.81. The number of hydrogen-bond donors (Lipinski definition) is 1. The van der Waals surface area contributed by atoms with Gasteiger partial charge in [0.25, 0.3) is 0 Å². The molecule has 1 aliphatic heterocycles. The molecule has 3 nitrogen and oxygen atoms in total. The molecule has 1 saturated carbocycles. The van der Waals surface area contributed by atoms with E-state index in [0.717, 1.165) is 25.9 Å². The second kappa shape index (κ2) is 7.20. The summed E-state index contributed by atoms with van der Waals surface area (Å²) >= 11 is 0. The van der Waals surface area contributed by atoms with Crippen molar-refractivity contribution >= 4 is 5.91 Å². The van der Waals surface area contributed by atoms with Gasteiger partial charge in [-0.1, -0.05) is 48.0 Å². The summed E-state index contributed by atoms with van der Waals surface area (Å²) in [6.45, 7) is 4.23. The molecular weight excluding hydrogens is 327 g/mol. The lowest BCUT2D eigenvalue weighted by Crippen LogP contribution is -2.40. The largest absolute Gasteiger partial charge is 0.351 e. The molecule has 4 heteroatoms. The Labute approximate surface area is 154 Å². The van der Waals surface area contributed by atoms with Gasteiger partial charge in [-0.3, -0.25) is 9.69 Å². The van der Waals surface area contributed by atoms with Crippen LogP contribution in [0, 0.1) is 18.7 Å². The summed E-state index contributed by atoms with van der Waals surface area (Å²) in [6, 6.07) is 15.6. The van der Waals surface area contributed by atoms with Crippen LogP contribution in [0.1, 0.15) is 35.4 Å². The first-order valence-electron chi connectivity index (χ1n) is 9.43. The number of nitrogens with zero attached hydrogens (tertiary/aromatic N) is 1. The van der Waals surface area contributed by atoms with Crippen LogP contribution in [0.2, 0.25) is 0 Å². The summed E-state index contributed by atoms with van der Waals surface area (Å²) < 4.78 is 14.0. The van der Waals surface area contributed by atoms with Gasteiger partial charge in [0.05, 0.1) is 0 Å². The maximum absolute atomic E-state index is 14.0. The molecule has 1 N–H and O–H groups in total. The average molecular weight is 352 g/mol. The smallest absolute Gasteiger partial charge is 0.223 e. The molecule has 1 saturated heterocycles. The van der Waals surface area contributed by atoms with Gasteiger partial charge in [-0.05, 0) is 31.4 Å². The summed E-state index contributed by atoms with van der Waals surface area (Å²) in [5.74, 6) is 0.462. The Balaban J connectivity index is 1.52. The molecule has 0 bridgehead atoms. The first kappa shape index (κ1) is 17.2. The molecule has 2 aliphatic rings. The van der Waals surface area contributed by atoms with E-state index in [4.69, 9.17) is 0 Å². The predicted molar refractivity (Wildman–Crippen MR) is 100 cm³/mol. The number of rotatable bonds is 5. The molecule has 2 aromatic carbocycles. The molecule has 2 aromatic rings. The van der Waals surface area contributed by atoms with Crippen LogP contribution in [-0.4, -0.2) is 29.9 Å². The predicted octanol–water partition coefficient (Wildman–Crippen LogP) is 3.63. The molecule has 2 fully saturated rings. The molecule has 1 aliphatic carbocycles. The van der Waals surface area contributed by atoms with Crippen LogP contribution in [0.5, 0.6) is 0 Å². The maximum atomic E-state index is 14.0. The molecular formula is C22H25FN2O. The van der Waals surface area contributed by atoms with E-state index in [9.17, 15) is 9.18 Å². The summed E-state index contributed by atoms with van der Waals surface area (Å²) in [7, 11) is 0. The SMILES string of the molecule is Cc1ccc([C@@H]2CN(Cc3ccccc3F)C[C@H]2NC(=O)C2CC2)cc1. The zero-order chi connectivity index (χ0) is 18.1. The standard InChI is InChI=1S/C22H25FN2O/c1-15-6-8-16(9-7-15)19-13-25(12-18-4-2-3-5-20(18)23)14-21(19)24-22(26)17-10-11-17/h2-9,17,19,21H,10-14H2,1H3,(H,24,26)/t19-,21+/m0/s1. The van der Waals surface area contributed by atoms with Crippen LogP contribution in [0.4, 0.5) is 4.39 Å². The third-order valence-corrected chi connectivity index (χ3v) is 5.53. The van der Waals surface area contributed by atoms with Crippen molar-refractivity contribution in [3.05, 3.63) is 71.0 Å². The molecule has 0 aromatic heterocycles. The van der Waals surface area contributed by atoms with Crippen molar-refractivity contribution < 1.29 is 9.18 Å². The van der Waals surface area contributed by atoms with Gasteiger partial charge >= 0.3 is 0 Å². The summed E-state index contributed by atoms with van der Waals surface area (Å²) in [6.07, 6.45) is 2.01. The second-order valence-electron chi connectivity index (χ2n) is 7.69. The van der Waals surface area contributed by atoms with Crippen LogP contribution in [0.3, 0.4) is 0 Å². The topological polar surface area (TPSA) is 32.3 Å². The third-order valence-electron chi connectivity index (χ3n) is 5.53. The number of benzene rings is 2. The number of likely N-dealkylation sites (tertiary alicyclic amines) is 1. The van der Waals surface area contributed by atoms with Crippen molar-refractivity contribution in [1.82, 2.24) is 10.2 Å². The van der Waals surface area contributed by atoms with Crippen molar-refractivity contribution in [2.75, 3.05) is 13.1 Å². The molecule has 26 heavy (non-hydrogen) atoms. The molecule has 2 atom stereocenters. The summed E-state index contributed by atoms with van der Waals surface area (Å²) in [5, 5.41) is 3.26. The first-order valence-corrected chi connectivity index (χ1v) is 9.43. The fraction of sp³-hybridized carbons (Fsp3) is 0.409. The van der Waals surface area contributed by atoms with Crippen molar-refractivity contribution in [3.8, 4) is 0 Å². The van der Waals surface area contributed by atoms with Crippen molar-refractivity contribution in [1.29, 1.82) is 0 Å². The van der Waals surface area contributed by atoms with Gasteiger partial charge in [-0.2, -0.15) is 0 Å². The normalized spacial score (nSPS) is 23.2. The molecule has 1 heterocycles. The van der Waals surface area contributed by atoms with Crippen molar-refractivity contribution in [2.24, 2.45) is 5.92 Å². The number of nitrogens with one attached hydrogen (secondary N) is 1. The quantitative estimate of drug-likeness (QED) is 0.891. The van der Waals surface area contributed by atoms with Gasteiger partial charge in [-0.15, -0.1) is 0 Å². The molecule has 0 spiro atoms. The highest BCUT2D eigenvalue weighted by Gasteiger charge is 2.38. The highest BCUT2D eigenvalue weighted by atomic mass is 19.1. The lowest BCUT2D eigenvalue weighted by atomic mass is 9.93. The van der Waals surface area contributed by atoms with E-state index >= 15 is 0 Å². The number of aryl methyl sites for hydroxylation is 1. The van der Waals surface area contributed by atoms with Crippen LogP contribution < -0.4 is 5.32 Å². The zero-order valence-corrected chi connectivity index (χ0v) is 15.1. The zero-order valence-electron chi connectivity index (χ0n) is 15.1. The minimum Gasteiger partial charge on any atom is -0.351 e. The van der Waals surface area contributed by atoms with E-state index in [2.05, 4.69) is 41.4 Å². The number of carbonyl (C=O) groups excluding carboxylic acids is 1. The van der Waals surface area contributed by atoms with Gasteiger partial charge < -0.3 is 5.32 Å². The van der Waals surface area contributed by atoms with E-state index in [0.29, 0.717) is 12.1 Å². The van der Waals surface area contributed by atoms with Crippen LogP contribution >= 0.6 is 0 Å². The molecule has 4 rings (SSSR count). The minimum atomic E-state index is -0.162. The van der Waals surface area contributed by atoms with E-state index in [1.807, 2.05) is 12.1 Å². The van der Waals surface area contributed by atoms with Crippen LogP contribution in [-0.2, 0) is 11.3 Å². The molecule has 0 radical (unpaired) electrons. The second-order valence-corrected chi connectivity index (χ2v) is 7.69. The molecule has 1 amide bonds. The lowest BCUT2D eigenvalue weighted by Gasteiger charge is -2.20. The summed E-state index contributed by atoms with van der Waals surface area (Å²) in [4.78, 5) is 14.6. The van der Waals surface area contributed by atoms with E-state index in [1.54, 1.807) is 6.07 Å². The van der Waals surface area contributed by atoms with Crippen LogP contribution in [0.15, 0.2) is 48.5 Å². The third kappa shape index (κ3) is 3.80. The van der Waals surface area contributed by atoms with Crippen molar-refractivity contribution in [3.63, 3.8) is 0 Å². The van der Waals surface area contributed by atoms with Crippen molar-refractivity contribution in [2.45, 2.75) is 38.3 Å². The Morgan fingerprint density at radius 2 is 1.85 bits per heavy atom. The maximum Gasteiger partial charge on any atom is 0.223 e. The average Bonchev–Trinajstić information content (AvgIpc) is 3.41. The van der Waals surface area contributed by atoms with E-state index in [-0.39, 0.29) is 29.6 Å². The fourth-order valence-corrected chi connectivity index (χ4v) is 3.83. The Hall–Kier alpha value is -2.20.